The number of aliphatic imine (C=N–C) groups is 1. The average molecular weight is 998 g/mol. The second-order valence-electron chi connectivity index (χ2n) is 19.0. The van der Waals surface area contributed by atoms with E-state index in [2.05, 4.69) is 20.4 Å². The van der Waals surface area contributed by atoms with E-state index in [1.54, 1.807) is 61.2 Å². The average Bonchev–Trinajstić information content (AvgIpc) is 4.06. The summed E-state index contributed by atoms with van der Waals surface area (Å²) in [6, 6.07) is 5.88. The zero-order chi connectivity index (χ0) is 52.0. The fraction of sp³-hybridized carbons (Fsp3) is 0.646. The quantitative estimate of drug-likeness (QED) is 0.0819. The highest BCUT2D eigenvalue weighted by Crippen LogP contribution is 2.30. The van der Waals surface area contributed by atoms with Crippen LogP contribution in [-0.2, 0) is 67.8 Å². The second-order valence-corrected chi connectivity index (χ2v) is 20.8. The monoisotopic (exact) mass is 998 g/mol. The van der Waals surface area contributed by atoms with Gasteiger partial charge in [-0.25, -0.2) is 13.4 Å². The molecule has 0 aliphatic carbocycles. The van der Waals surface area contributed by atoms with E-state index in [0.29, 0.717) is 43.0 Å². The third kappa shape index (κ3) is 15.1. The van der Waals surface area contributed by atoms with Crippen LogP contribution in [0.5, 0.6) is 0 Å². The molecular formula is C48H75N11O10S. The Hall–Kier alpha value is -5.74. The molecule has 0 saturated carbocycles. The van der Waals surface area contributed by atoms with Crippen LogP contribution in [0.2, 0.25) is 0 Å². The first-order valence-corrected chi connectivity index (χ1v) is 25.5. The van der Waals surface area contributed by atoms with Crippen molar-refractivity contribution in [2.45, 2.75) is 123 Å². The third-order valence-electron chi connectivity index (χ3n) is 13.0. The minimum Gasteiger partial charge on any atom is -0.379 e. The molecule has 2 aliphatic heterocycles. The van der Waals surface area contributed by atoms with Crippen molar-refractivity contribution in [3.05, 3.63) is 59.9 Å². The molecule has 22 heteroatoms. The molecule has 0 radical (unpaired) electrons. The lowest BCUT2D eigenvalue weighted by atomic mass is 9.89. The Kier molecular flexibility index (Phi) is 21.1. The molecule has 70 heavy (non-hydrogen) atoms. The van der Waals surface area contributed by atoms with E-state index in [4.69, 9.17) is 14.5 Å². The van der Waals surface area contributed by atoms with E-state index in [0.717, 1.165) is 17.1 Å². The topological polar surface area (TPSA) is 238 Å². The van der Waals surface area contributed by atoms with Crippen molar-refractivity contribution in [2.75, 3.05) is 61.8 Å². The molecule has 0 spiro atoms. The third-order valence-corrected chi connectivity index (χ3v) is 14.3. The van der Waals surface area contributed by atoms with Gasteiger partial charge in [0.2, 0.25) is 27.7 Å². The summed E-state index contributed by atoms with van der Waals surface area (Å²) < 4.78 is 42.1. The summed E-state index contributed by atoms with van der Waals surface area (Å²) in [4.78, 5) is 93.6. The van der Waals surface area contributed by atoms with Gasteiger partial charge >= 0.3 is 0 Å². The second kappa shape index (κ2) is 25.9. The van der Waals surface area contributed by atoms with Crippen molar-refractivity contribution in [1.82, 2.24) is 49.5 Å². The Labute approximate surface area is 413 Å². The number of benzene rings is 1. The van der Waals surface area contributed by atoms with Crippen LogP contribution in [0.1, 0.15) is 78.0 Å². The van der Waals surface area contributed by atoms with Crippen molar-refractivity contribution in [2.24, 2.45) is 22.7 Å². The summed E-state index contributed by atoms with van der Waals surface area (Å²) >= 11 is 0. The van der Waals surface area contributed by atoms with E-state index in [-0.39, 0.29) is 56.0 Å². The van der Waals surface area contributed by atoms with Crippen LogP contribution in [0.15, 0.2) is 53.7 Å². The maximum atomic E-state index is 14.4. The first-order valence-electron chi connectivity index (χ1n) is 23.9. The fourth-order valence-corrected chi connectivity index (χ4v) is 10.1. The molecule has 8 atom stereocenters. The number of imide groups is 1. The first kappa shape index (κ1) is 56.8. The normalized spacial score (nSPS) is 17.9. The van der Waals surface area contributed by atoms with Crippen molar-refractivity contribution in [3.63, 3.8) is 0 Å². The smallest absolute Gasteiger partial charge is 0.256 e. The lowest BCUT2D eigenvalue weighted by Crippen LogP contribution is -2.56. The van der Waals surface area contributed by atoms with E-state index < -0.39 is 81.7 Å². The zero-order valence-electron chi connectivity index (χ0n) is 42.9. The van der Waals surface area contributed by atoms with Gasteiger partial charge in [0.05, 0.1) is 55.1 Å². The van der Waals surface area contributed by atoms with Gasteiger partial charge in [-0.1, -0.05) is 76.6 Å². The molecule has 2 N–H and O–H groups in total. The maximum Gasteiger partial charge on any atom is 0.256 e. The number of ether oxygens (including phenoxy) is 2. The Balaban J connectivity index is 1.45. The van der Waals surface area contributed by atoms with Crippen molar-refractivity contribution in [3.8, 4) is 0 Å². The minimum atomic E-state index is -4.21. The number of methoxy groups -OCH3 is 2. The molecule has 2 aromatic rings. The summed E-state index contributed by atoms with van der Waals surface area (Å²) in [6.07, 6.45) is 4.23. The number of nitrogens with zero attached hydrogens (tertiary/aromatic N) is 9. The number of nitrogens with one attached hydrogen (secondary N) is 2. The Morgan fingerprint density at radius 3 is 2.14 bits per heavy atom. The van der Waals surface area contributed by atoms with Gasteiger partial charge in [0.1, 0.15) is 17.8 Å². The number of likely N-dealkylation sites (N-methyl/N-ethyl adjacent to an activating group) is 1. The summed E-state index contributed by atoms with van der Waals surface area (Å²) in [5.41, 5.74) is 1.01. The molecule has 1 aromatic carbocycles. The number of aryl methyl sites for hydroxylation is 1. The van der Waals surface area contributed by atoms with E-state index in [9.17, 15) is 37.2 Å². The van der Waals surface area contributed by atoms with E-state index in [1.165, 1.54) is 18.0 Å². The van der Waals surface area contributed by atoms with Gasteiger partial charge < -0.3 is 34.4 Å². The number of rotatable bonds is 25. The van der Waals surface area contributed by atoms with Gasteiger partial charge in [0.15, 0.2) is 5.96 Å². The summed E-state index contributed by atoms with van der Waals surface area (Å²) in [6.45, 7) is 10.1. The molecule has 1 aromatic heterocycles. The van der Waals surface area contributed by atoms with Crippen molar-refractivity contribution in [1.29, 1.82) is 0 Å². The van der Waals surface area contributed by atoms with Gasteiger partial charge in [0.25, 0.3) is 17.7 Å². The van der Waals surface area contributed by atoms with Gasteiger partial charge in [-0.05, 0) is 36.7 Å². The predicted molar refractivity (Wildman–Crippen MR) is 263 cm³/mol. The lowest BCUT2D eigenvalue weighted by molar-refractivity contribution is -0.146. The Morgan fingerprint density at radius 1 is 0.929 bits per heavy atom. The molecule has 4 rings (SSSR count). The minimum absolute atomic E-state index is 0.0188. The Bertz CT molecular complexity index is 2260. The van der Waals surface area contributed by atoms with E-state index >= 15 is 0 Å². The van der Waals surface area contributed by atoms with E-state index in [1.807, 2.05) is 65.7 Å². The van der Waals surface area contributed by atoms with Crippen molar-refractivity contribution >= 4 is 51.4 Å². The highest BCUT2D eigenvalue weighted by Gasteiger charge is 2.43. The van der Waals surface area contributed by atoms with Gasteiger partial charge in [0, 0.05) is 81.1 Å². The number of hydrogen-bond donors (Lipinski definition) is 2. The summed E-state index contributed by atoms with van der Waals surface area (Å²) in [5.74, 6) is -3.72. The van der Waals surface area contributed by atoms with Crippen LogP contribution < -0.4 is 10.0 Å². The Morgan fingerprint density at radius 2 is 1.57 bits per heavy atom. The highest BCUT2D eigenvalue weighted by atomic mass is 32.2. The molecule has 0 bridgehead atoms. The maximum absolute atomic E-state index is 14.4. The first-order chi connectivity index (χ1) is 33.0. The van der Waals surface area contributed by atoms with Crippen LogP contribution in [0.4, 0.5) is 0 Å². The number of guanidine groups is 1. The lowest BCUT2D eigenvalue weighted by Gasteiger charge is -2.40. The standard InChI is InChI=1S/C48H75N11O10S/c1-13-32(4)43(56(10)47(65)42(31(2)3)50-48(54(6)7)55(8)9)38(68-11)28-41(62)58-25-17-21-37(58)44(69-12)33(5)45(63)49-36(27-34-19-15-14-16-20-34)46(64)52-70(66,67)26-18-24-57-29-35(51-53-57)30-59-39(60)22-23-40(59)61/h14-16,19-20,22-23,29,31-33,36-38,42-44H,13,17-18,21,24-28,30H2,1-12H3,(H,49,63)(H,52,64)/t32-,33+,36-,37-,38+,42-,43?,44+/m0/s1. The van der Waals surface area contributed by atoms with Gasteiger partial charge in [-0.3, -0.25) is 43.1 Å². The number of likely N-dealkylation sites (tertiary alicyclic amines) is 1. The number of carbonyl (C=O) groups is 6. The molecule has 2 aliphatic rings. The number of carbonyl (C=O) groups excluding carboxylic acids is 6. The number of hydrogen-bond acceptors (Lipinski definition) is 13. The molecule has 1 fully saturated rings. The highest BCUT2D eigenvalue weighted by molar-refractivity contribution is 7.90. The molecule has 21 nitrogen and oxygen atoms in total. The van der Waals surface area contributed by atoms with Crippen LogP contribution in [0.3, 0.4) is 0 Å². The van der Waals surface area contributed by atoms with Crippen molar-refractivity contribution < 1.29 is 46.7 Å². The number of sulfonamides is 1. The molecule has 3 heterocycles. The predicted octanol–water partition coefficient (Wildman–Crippen LogP) is 1.69. The molecule has 6 amide bonds. The summed E-state index contributed by atoms with van der Waals surface area (Å²) in [7, 11) is 8.05. The number of amides is 6. The SMILES string of the molecule is CC[C@H](C)C([C@@H](CC(=O)N1CCC[C@H]1[C@H](OC)[C@@H](C)C(=O)N[C@@H](Cc1ccccc1)C(=O)NS(=O)(=O)CCCn1cc(CN2C(=O)C=CC2=O)nn1)OC)N(C)C(=O)[C@@H](N=C(N(C)C)N(C)C)C(C)C. The number of aromatic nitrogens is 3. The molecular weight excluding hydrogens is 923 g/mol. The van der Waals surface area contributed by atoms with Gasteiger partial charge in [-0.2, -0.15) is 0 Å². The van der Waals surface area contributed by atoms with Crippen LogP contribution >= 0.6 is 0 Å². The van der Waals surface area contributed by atoms with Crippen LogP contribution in [-0.4, -0.2) is 187 Å². The zero-order valence-corrected chi connectivity index (χ0v) is 43.7. The molecule has 1 unspecified atom stereocenters. The fourth-order valence-electron chi connectivity index (χ4n) is 9.08. The van der Waals surface area contributed by atoms with Crippen LogP contribution in [0, 0.1) is 17.8 Å². The van der Waals surface area contributed by atoms with Gasteiger partial charge in [-0.15, -0.1) is 5.10 Å². The van der Waals surface area contributed by atoms with Crippen LogP contribution in [0.25, 0.3) is 0 Å². The largest absolute Gasteiger partial charge is 0.379 e. The summed E-state index contributed by atoms with van der Waals surface area (Å²) in [5, 5.41) is 10.7. The molecule has 1 saturated heterocycles. The molecule has 388 valence electrons.